The zero-order valence-corrected chi connectivity index (χ0v) is 6.69. The molecule has 0 spiro atoms. The summed E-state index contributed by atoms with van der Waals surface area (Å²) in [7, 11) is 0. The van der Waals surface area contributed by atoms with Gasteiger partial charge in [0.05, 0.1) is 6.20 Å². The molecule has 1 aliphatic rings. The van der Waals surface area contributed by atoms with Gasteiger partial charge in [-0.2, -0.15) is 5.10 Å². The number of rotatable bonds is 0. The van der Waals surface area contributed by atoms with Crippen molar-refractivity contribution in [2.45, 2.75) is 0 Å². The van der Waals surface area contributed by atoms with E-state index >= 15 is 0 Å². The molecule has 0 unspecified atom stereocenters. The van der Waals surface area contributed by atoms with E-state index in [1.165, 1.54) is 0 Å². The SMILES string of the molecule is C1=Cn2nccc2N=I1. The Bertz CT molecular complexity index is 247. The van der Waals surface area contributed by atoms with Crippen molar-refractivity contribution in [3.05, 3.63) is 16.3 Å². The number of hydrogen-bond donors (Lipinski definition) is 0. The highest BCUT2D eigenvalue weighted by Gasteiger charge is 1.97. The molecule has 1 aromatic heterocycles. The van der Waals surface area contributed by atoms with E-state index in [9.17, 15) is 0 Å². The van der Waals surface area contributed by atoms with E-state index in [0.717, 1.165) is 5.82 Å². The van der Waals surface area contributed by atoms with Gasteiger partial charge in [-0.25, -0.2) is 7.83 Å². The van der Waals surface area contributed by atoms with Crippen LogP contribution in [0.1, 0.15) is 0 Å². The summed E-state index contributed by atoms with van der Waals surface area (Å²) in [6, 6.07) is 1.92. The predicted octanol–water partition coefficient (Wildman–Crippen LogP) is 2.11. The lowest BCUT2D eigenvalue weighted by Crippen LogP contribution is -1.86. The van der Waals surface area contributed by atoms with Gasteiger partial charge in [0.15, 0.2) is 5.82 Å². The molecule has 0 aliphatic carbocycles. The number of nitrogens with zero attached hydrogens (tertiary/aromatic N) is 3. The number of hydrogen-bond acceptors (Lipinski definition) is 2. The van der Waals surface area contributed by atoms with Crippen molar-refractivity contribution in [3.63, 3.8) is 0 Å². The first kappa shape index (κ1) is 5.28. The molecule has 9 heavy (non-hydrogen) atoms. The summed E-state index contributed by atoms with van der Waals surface area (Å²) in [6.45, 7) is 0. The Labute approximate surface area is 62.5 Å². The third-order valence-electron chi connectivity index (χ3n) is 1.04. The summed E-state index contributed by atoms with van der Waals surface area (Å²) in [5.41, 5.74) is 0. The van der Waals surface area contributed by atoms with Gasteiger partial charge < -0.3 is 0 Å². The Morgan fingerprint density at radius 1 is 1.56 bits per heavy atom. The van der Waals surface area contributed by atoms with Gasteiger partial charge in [0, 0.05) is 37.4 Å². The molecule has 2 heterocycles. The van der Waals surface area contributed by atoms with E-state index in [1.807, 2.05) is 12.3 Å². The van der Waals surface area contributed by atoms with Crippen molar-refractivity contribution >= 4 is 33.1 Å². The van der Waals surface area contributed by atoms with E-state index in [-0.39, 0.29) is 21.0 Å². The topological polar surface area (TPSA) is 30.2 Å². The fraction of sp³-hybridized carbons (Fsp3) is 0. The van der Waals surface area contributed by atoms with Gasteiger partial charge >= 0.3 is 0 Å². The van der Waals surface area contributed by atoms with Crippen molar-refractivity contribution in [2.75, 3.05) is 0 Å². The molecule has 0 saturated heterocycles. The van der Waals surface area contributed by atoms with Gasteiger partial charge in [-0.1, -0.05) is 0 Å². The molecule has 0 saturated carbocycles. The predicted molar refractivity (Wildman–Crippen MR) is 43.7 cm³/mol. The molecule has 0 aromatic carbocycles. The van der Waals surface area contributed by atoms with E-state index in [2.05, 4.69) is 12.3 Å². The van der Waals surface area contributed by atoms with Gasteiger partial charge in [-0.3, -0.25) is 0 Å². The Kier molecular flexibility index (Phi) is 1.18. The second-order valence-electron chi connectivity index (χ2n) is 1.59. The molecular weight excluding hydrogens is 229 g/mol. The maximum atomic E-state index is 4.28. The van der Waals surface area contributed by atoms with E-state index in [4.69, 9.17) is 0 Å². The molecule has 2 rings (SSSR count). The quantitative estimate of drug-likeness (QED) is 0.631. The minimum absolute atomic E-state index is 0.0646. The smallest absolute Gasteiger partial charge is 0.160 e. The number of aromatic nitrogens is 2. The summed E-state index contributed by atoms with van der Waals surface area (Å²) in [5.74, 6) is 0.991. The highest BCUT2D eigenvalue weighted by atomic mass is 127. The van der Waals surface area contributed by atoms with Crippen molar-refractivity contribution in [2.24, 2.45) is 3.15 Å². The summed E-state index contributed by atoms with van der Waals surface area (Å²) in [5, 5.41) is 4.01. The third kappa shape index (κ3) is 0.827. The van der Waals surface area contributed by atoms with Crippen LogP contribution >= 0.6 is 21.0 Å². The zero-order valence-electron chi connectivity index (χ0n) is 4.53. The first-order valence-corrected chi connectivity index (χ1v) is 4.72. The largest absolute Gasteiger partial charge is 0.222 e. The van der Waals surface area contributed by atoms with Crippen LogP contribution in [0, 0.1) is 0 Å². The standard InChI is InChI=1S/C5H4IN3/c1-3-7-9-4-2-6-8-5(1)9/h1-4H. The fourth-order valence-corrected chi connectivity index (χ4v) is 1.92. The van der Waals surface area contributed by atoms with E-state index in [0.29, 0.717) is 0 Å². The normalized spacial score (nSPS) is 14.7. The molecular formula is C5H4IN3. The summed E-state index contributed by atoms with van der Waals surface area (Å²) in [4.78, 5) is 0. The first-order valence-electron chi connectivity index (χ1n) is 2.51. The fourth-order valence-electron chi connectivity index (χ4n) is 0.646. The summed E-state index contributed by atoms with van der Waals surface area (Å²) < 4.78 is 8.14. The van der Waals surface area contributed by atoms with Crippen molar-refractivity contribution in [1.82, 2.24) is 9.78 Å². The molecule has 0 N–H and O–H groups in total. The van der Waals surface area contributed by atoms with Crippen LogP contribution in [0.4, 0.5) is 5.82 Å². The van der Waals surface area contributed by atoms with Crippen LogP contribution < -0.4 is 0 Å². The van der Waals surface area contributed by atoms with E-state index < -0.39 is 0 Å². The Morgan fingerprint density at radius 3 is 3.44 bits per heavy atom. The summed E-state index contributed by atoms with van der Waals surface area (Å²) in [6.07, 6.45) is 3.73. The molecule has 0 bridgehead atoms. The van der Waals surface area contributed by atoms with Crippen molar-refractivity contribution < 1.29 is 0 Å². The van der Waals surface area contributed by atoms with Crippen LogP contribution in [0.15, 0.2) is 19.5 Å². The highest BCUT2D eigenvalue weighted by Crippen LogP contribution is 2.22. The first-order chi connectivity index (χ1) is 4.47. The Balaban J connectivity index is 2.68. The van der Waals surface area contributed by atoms with Gasteiger partial charge in [0.1, 0.15) is 0 Å². The molecule has 0 radical (unpaired) electrons. The van der Waals surface area contributed by atoms with Crippen LogP contribution in [0.2, 0.25) is 0 Å². The molecule has 0 fully saturated rings. The maximum absolute atomic E-state index is 4.28. The lowest BCUT2D eigenvalue weighted by Gasteiger charge is -1.96. The molecule has 4 heteroatoms. The lowest BCUT2D eigenvalue weighted by atomic mass is 10.7. The minimum atomic E-state index is -0.0646. The van der Waals surface area contributed by atoms with Crippen LogP contribution in [-0.4, -0.2) is 9.78 Å². The van der Waals surface area contributed by atoms with Gasteiger partial charge in [0.2, 0.25) is 0 Å². The molecule has 0 atom stereocenters. The third-order valence-corrected chi connectivity index (χ3v) is 2.45. The minimum Gasteiger partial charge on any atom is -0.222 e. The average Bonchev–Trinajstić information content (AvgIpc) is 2.33. The lowest BCUT2D eigenvalue weighted by molar-refractivity contribution is 0.937. The molecule has 0 amide bonds. The molecule has 1 aromatic rings. The summed E-state index contributed by atoms with van der Waals surface area (Å²) >= 11 is -0.0646. The van der Waals surface area contributed by atoms with Crippen molar-refractivity contribution in [1.29, 1.82) is 0 Å². The molecule has 1 aliphatic heterocycles. The van der Waals surface area contributed by atoms with Crippen LogP contribution in [-0.2, 0) is 0 Å². The van der Waals surface area contributed by atoms with Gasteiger partial charge in [-0.15, -0.1) is 0 Å². The Hall–Kier alpha value is -0.520. The second-order valence-corrected chi connectivity index (χ2v) is 3.35. The van der Waals surface area contributed by atoms with E-state index in [1.54, 1.807) is 10.9 Å². The monoisotopic (exact) mass is 233 g/mol. The van der Waals surface area contributed by atoms with Crippen LogP contribution in [0.5, 0.6) is 0 Å². The van der Waals surface area contributed by atoms with Crippen LogP contribution in [0.25, 0.3) is 6.20 Å². The second kappa shape index (κ2) is 2.02. The number of halogens is 1. The molecule has 3 nitrogen and oxygen atoms in total. The average molecular weight is 233 g/mol. The van der Waals surface area contributed by atoms with Crippen LogP contribution in [0.3, 0.4) is 0 Å². The van der Waals surface area contributed by atoms with Gasteiger partial charge in [0.25, 0.3) is 0 Å². The highest BCUT2D eigenvalue weighted by molar-refractivity contribution is 14.2. The van der Waals surface area contributed by atoms with Crippen molar-refractivity contribution in [3.8, 4) is 0 Å². The Morgan fingerprint density at radius 2 is 2.56 bits per heavy atom. The van der Waals surface area contributed by atoms with Gasteiger partial charge in [-0.05, 0) is 0 Å². The maximum Gasteiger partial charge on any atom is 0.160 e. The molecule has 46 valence electrons. The number of fused-ring (bicyclic) bond motifs is 1. The zero-order chi connectivity index (χ0) is 6.10.